The van der Waals surface area contributed by atoms with E-state index in [2.05, 4.69) is 15.6 Å². The van der Waals surface area contributed by atoms with E-state index < -0.39 is 29.1 Å². The highest BCUT2D eigenvalue weighted by Crippen LogP contribution is 2.39. The van der Waals surface area contributed by atoms with Gasteiger partial charge in [0.2, 0.25) is 11.8 Å². The van der Waals surface area contributed by atoms with Crippen LogP contribution >= 0.6 is 0 Å². The van der Waals surface area contributed by atoms with Crippen molar-refractivity contribution in [2.24, 2.45) is 5.92 Å². The molecule has 1 aliphatic carbocycles. The van der Waals surface area contributed by atoms with E-state index in [1.165, 1.54) is 31.3 Å². The van der Waals surface area contributed by atoms with Gasteiger partial charge in [-0.3, -0.25) is 14.6 Å². The fraction of sp³-hybridized carbons (Fsp3) is 0.458. The molecule has 3 N–H and O–H groups in total. The molecule has 188 valence electrons. The molecule has 2 fully saturated rings. The Kier molecular flexibility index (Phi) is 7.00. The number of nitrogens with one attached hydrogen (secondary N) is 2. The number of hydrogen-bond donors (Lipinski definition) is 3. The van der Waals surface area contributed by atoms with Crippen molar-refractivity contribution in [3.63, 3.8) is 0 Å². The molecular weight excluding hydrogens is 467 g/mol. The van der Waals surface area contributed by atoms with E-state index in [-0.39, 0.29) is 35.6 Å². The number of hydrogen-bond acceptors (Lipinski definition) is 6. The molecule has 1 aliphatic heterocycles. The fourth-order valence-electron chi connectivity index (χ4n) is 3.77. The topological polar surface area (TPSA) is 110 Å². The zero-order valence-corrected chi connectivity index (χ0v) is 19.0. The van der Waals surface area contributed by atoms with Crippen LogP contribution in [0, 0.1) is 5.92 Å². The van der Waals surface area contributed by atoms with Crippen molar-refractivity contribution >= 4 is 11.8 Å². The lowest BCUT2D eigenvalue weighted by Crippen LogP contribution is -2.50. The summed E-state index contributed by atoms with van der Waals surface area (Å²) in [6.07, 6.45) is -2.73. The normalized spacial score (nSPS) is 19.6. The quantitative estimate of drug-likeness (QED) is 0.521. The lowest BCUT2D eigenvalue weighted by atomic mass is 10.1. The summed E-state index contributed by atoms with van der Waals surface area (Å²) in [5.74, 6) is -1.06. The first kappa shape index (κ1) is 24.9. The van der Waals surface area contributed by atoms with Gasteiger partial charge < -0.3 is 25.2 Å². The summed E-state index contributed by atoms with van der Waals surface area (Å²) < 4.78 is 51.0. The number of aliphatic hydroxyl groups excluding tert-OH is 1. The molecule has 2 atom stereocenters. The summed E-state index contributed by atoms with van der Waals surface area (Å²) in [5.41, 5.74) is -1.32. The third kappa shape index (κ3) is 5.91. The lowest BCUT2D eigenvalue weighted by Gasteiger charge is -2.19. The zero-order valence-electron chi connectivity index (χ0n) is 19.0. The van der Waals surface area contributed by atoms with Gasteiger partial charge in [-0.1, -0.05) is 6.07 Å². The number of carbonyl (C=O) groups is 2. The number of aliphatic hydroxyl groups is 1. The highest BCUT2D eigenvalue weighted by atomic mass is 19.4. The Morgan fingerprint density at radius 2 is 2.06 bits per heavy atom. The number of rotatable bonds is 8. The summed E-state index contributed by atoms with van der Waals surface area (Å²) in [6, 6.07) is 6.34. The summed E-state index contributed by atoms with van der Waals surface area (Å²) in [6.45, 7) is 2.35. The van der Waals surface area contributed by atoms with Crippen molar-refractivity contribution in [1.82, 2.24) is 15.6 Å². The second kappa shape index (κ2) is 9.82. The zero-order chi connectivity index (χ0) is 25.2. The monoisotopic (exact) mass is 493 g/mol. The van der Waals surface area contributed by atoms with Crippen LogP contribution in [0.4, 0.5) is 13.2 Å². The van der Waals surface area contributed by atoms with Crippen molar-refractivity contribution in [3.05, 3.63) is 53.3 Å². The number of amides is 2. The van der Waals surface area contributed by atoms with E-state index >= 15 is 0 Å². The van der Waals surface area contributed by atoms with E-state index in [1.807, 2.05) is 0 Å². The molecule has 11 heteroatoms. The van der Waals surface area contributed by atoms with E-state index in [4.69, 9.17) is 9.47 Å². The molecular formula is C24H26F3N3O5. The van der Waals surface area contributed by atoms with Crippen molar-refractivity contribution in [1.29, 1.82) is 0 Å². The molecule has 1 aromatic carbocycles. The third-order valence-corrected chi connectivity index (χ3v) is 6.09. The van der Waals surface area contributed by atoms with Crippen LogP contribution < -0.4 is 15.4 Å². The van der Waals surface area contributed by atoms with Crippen molar-refractivity contribution in [2.45, 2.75) is 50.6 Å². The second-order valence-corrected chi connectivity index (χ2v) is 8.83. The van der Waals surface area contributed by atoms with Gasteiger partial charge in [0.05, 0.1) is 42.6 Å². The van der Waals surface area contributed by atoms with Crippen molar-refractivity contribution in [2.75, 3.05) is 13.2 Å². The Hall–Kier alpha value is -3.18. The van der Waals surface area contributed by atoms with Crippen molar-refractivity contribution < 1.29 is 37.3 Å². The summed E-state index contributed by atoms with van der Waals surface area (Å²) in [7, 11) is 0. The van der Waals surface area contributed by atoms with Gasteiger partial charge in [0.15, 0.2) is 0 Å². The van der Waals surface area contributed by atoms with Gasteiger partial charge in [-0.2, -0.15) is 13.2 Å². The molecule has 8 nitrogen and oxygen atoms in total. The Balaban J connectivity index is 1.35. The van der Waals surface area contributed by atoms with Crippen LogP contribution in [0.25, 0.3) is 0 Å². The number of ether oxygens (including phenoxy) is 2. The van der Waals surface area contributed by atoms with Crippen LogP contribution in [-0.2, 0) is 27.0 Å². The molecule has 0 radical (unpaired) electrons. The predicted molar refractivity (Wildman–Crippen MR) is 117 cm³/mol. The van der Waals surface area contributed by atoms with Gasteiger partial charge in [0.25, 0.3) is 0 Å². The molecule has 2 heterocycles. The van der Waals surface area contributed by atoms with Gasteiger partial charge >= 0.3 is 6.18 Å². The first-order valence-corrected chi connectivity index (χ1v) is 11.3. The summed E-state index contributed by atoms with van der Waals surface area (Å²) in [5, 5.41) is 15.2. The molecule has 0 spiro atoms. The predicted octanol–water partition coefficient (Wildman–Crippen LogP) is 3.25. The van der Waals surface area contributed by atoms with Gasteiger partial charge in [-0.25, -0.2) is 0 Å². The molecule has 2 amide bonds. The number of halogens is 3. The van der Waals surface area contributed by atoms with Crippen LogP contribution in [0.1, 0.15) is 49.1 Å². The molecule has 0 bridgehead atoms. The summed E-state index contributed by atoms with van der Waals surface area (Å²) in [4.78, 5) is 29.1. The maximum absolute atomic E-state index is 13.5. The molecule has 1 saturated heterocycles. The Labute approximate surface area is 199 Å². The van der Waals surface area contributed by atoms with E-state index in [1.54, 1.807) is 0 Å². The van der Waals surface area contributed by atoms with E-state index in [0.29, 0.717) is 38.2 Å². The Morgan fingerprint density at radius 1 is 1.29 bits per heavy atom. The largest absolute Gasteiger partial charge is 0.455 e. The Morgan fingerprint density at radius 3 is 2.63 bits per heavy atom. The number of alkyl halides is 3. The van der Waals surface area contributed by atoms with Crippen LogP contribution in [0.5, 0.6) is 11.5 Å². The molecule has 2 aromatic rings. The molecule has 2 aliphatic rings. The highest BCUT2D eigenvalue weighted by molar-refractivity contribution is 5.94. The minimum Gasteiger partial charge on any atom is -0.455 e. The fourth-order valence-corrected chi connectivity index (χ4v) is 3.77. The average Bonchev–Trinajstić information content (AvgIpc) is 3.38. The van der Waals surface area contributed by atoms with E-state index in [0.717, 1.165) is 12.1 Å². The van der Waals surface area contributed by atoms with Crippen LogP contribution in [0.3, 0.4) is 0 Å². The van der Waals surface area contributed by atoms with Gasteiger partial charge in [0.1, 0.15) is 17.0 Å². The molecule has 2 unspecified atom stereocenters. The number of benzene rings is 1. The lowest BCUT2D eigenvalue weighted by molar-refractivity contribution is -0.138. The first-order valence-electron chi connectivity index (χ1n) is 11.3. The molecule has 35 heavy (non-hydrogen) atoms. The Bertz CT molecular complexity index is 1080. The molecule has 1 aromatic heterocycles. The molecule has 4 rings (SSSR count). The SMILES string of the molecule is CC(O)c1ccc(Oc2ccc(CNC(=O)C3(NC(=O)C4CCOC4)CC3)nc2)c(C(F)(F)F)c1. The third-order valence-electron chi connectivity index (χ3n) is 6.09. The first-order chi connectivity index (χ1) is 16.6. The standard InChI is InChI=1S/C24H26F3N3O5/c1-14(31)15-2-5-20(19(10-15)24(25,26)27)35-18-4-3-17(28-12-18)11-29-22(33)23(7-8-23)30-21(32)16-6-9-34-13-16/h2-5,10,12,14,16,31H,6-9,11,13H2,1H3,(H,29,33)(H,30,32). The minimum atomic E-state index is -4.67. The smallest absolute Gasteiger partial charge is 0.419 e. The van der Waals surface area contributed by atoms with Gasteiger partial charge in [-0.05, 0) is 56.0 Å². The highest BCUT2D eigenvalue weighted by Gasteiger charge is 2.51. The second-order valence-electron chi connectivity index (χ2n) is 8.83. The minimum absolute atomic E-state index is 0.0834. The van der Waals surface area contributed by atoms with Gasteiger partial charge in [0, 0.05) is 6.61 Å². The number of aromatic nitrogens is 1. The average molecular weight is 493 g/mol. The number of pyridine rings is 1. The number of carbonyl (C=O) groups excluding carboxylic acids is 2. The van der Waals surface area contributed by atoms with Crippen LogP contribution in [0.2, 0.25) is 0 Å². The van der Waals surface area contributed by atoms with Crippen molar-refractivity contribution in [3.8, 4) is 11.5 Å². The maximum Gasteiger partial charge on any atom is 0.419 e. The van der Waals surface area contributed by atoms with Crippen LogP contribution in [-0.4, -0.2) is 40.7 Å². The number of nitrogens with zero attached hydrogens (tertiary/aromatic N) is 1. The van der Waals surface area contributed by atoms with E-state index in [9.17, 15) is 27.9 Å². The summed E-state index contributed by atoms with van der Waals surface area (Å²) >= 11 is 0. The van der Waals surface area contributed by atoms with Gasteiger partial charge in [-0.15, -0.1) is 0 Å². The maximum atomic E-state index is 13.5. The van der Waals surface area contributed by atoms with Crippen LogP contribution in [0.15, 0.2) is 36.5 Å². The molecule has 1 saturated carbocycles.